The van der Waals surface area contributed by atoms with Crippen LogP contribution >= 0.6 is 11.8 Å². The molecule has 0 bridgehead atoms. The van der Waals surface area contributed by atoms with Crippen molar-refractivity contribution in [1.82, 2.24) is 5.16 Å². The molecule has 54 valence electrons. The minimum absolute atomic E-state index is 0.499. The number of nitrogens with zero attached hydrogens (tertiary/aromatic N) is 1. The maximum absolute atomic E-state index is 5.44. The molecule has 0 aromatic carbocycles. The highest BCUT2D eigenvalue weighted by molar-refractivity contribution is 7.98. The zero-order valence-corrected chi connectivity index (χ0v) is 6.28. The summed E-state index contributed by atoms with van der Waals surface area (Å²) in [5.41, 5.74) is 7.60. The van der Waals surface area contributed by atoms with Gasteiger partial charge in [-0.1, -0.05) is 5.16 Å². The molecule has 0 radical (unpaired) electrons. The fraction of sp³-hybridized carbons (Fsp3) is 0.500. The molecule has 1 aliphatic heterocycles. The Balaban J connectivity index is 2.44. The Morgan fingerprint density at radius 1 is 1.60 bits per heavy atom. The number of nitrogens with two attached hydrogens (primary N) is 1. The number of hydrogen-bond acceptors (Lipinski definition) is 4. The van der Waals surface area contributed by atoms with Gasteiger partial charge in [0.15, 0.2) is 5.76 Å². The van der Waals surface area contributed by atoms with E-state index in [0.717, 1.165) is 23.0 Å². The molecule has 0 saturated carbocycles. The topological polar surface area (TPSA) is 52.0 Å². The van der Waals surface area contributed by atoms with Crippen LogP contribution in [0.2, 0.25) is 0 Å². The van der Waals surface area contributed by atoms with Crippen LogP contribution in [0.15, 0.2) is 4.52 Å². The van der Waals surface area contributed by atoms with Crippen LogP contribution in [0.4, 0.5) is 0 Å². The zero-order valence-electron chi connectivity index (χ0n) is 5.46. The maximum Gasteiger partial charge on any atom is 0.150 e. The van der Waals surface area contributed by atoms with Gasteiger partial charge in [0.1, 0.15) is 5.69 Å². The second kappa shape index (κ2) is 2.29. The van der Waals surface area contributed by atoms with Gasteiger partial charge in [-0.05, 0) is 0 Å². The van der Waals surface area contributed by atoms with Crippen LogP contribution in [-0.4, -0.2) is 5.16 Å². The third-order valence-electron chi connectivity index (χ3n) is 1.62. The predicted molar refractivity (Wildman–Crippen MR) is 39.4 cm³/mol. The Kier molecular flexibility index (Phi) is 1.43. The minimum Gasteiger partial charge on any atom is -0.360 e. The van der Waals surface area contributed by atoms with E-state index in [4.69, 9.17) is 10.3 Å². The highest BCUT2D eigenvalue weighted by Gasteiger charge is 2.19. The fourth-order valence-electron chi connectivity index (χ4n) is 1.06. The monoisotopic (exact) mass is 156 g/mol. The molecule has 3 nitrogen and oxygen atoms in total. The molecule has 0 aliphatic carbocycles. The molecule has 1 aromatic heterocycles. The van der Waals surface area contributed by atoms with Gasteiger partial charge in [-0.15, -0.1) is 11.8 Å². The standard InChI is InChI=1S/C6H8N2OS/c7-1-5-4-2-10-3-6(4)9-8-5/h1-3,7H2. The maximum atomic E-state index is 5.44. The number of fused-ring (bicyclic) bond motifs is 1. The lowest BCUT2D eigenvalue weighted by atomic mass is 10.2. The zero-order chi connectivity index (χ0) is 6.97. The summed E-state index contributed by atoms with van der Waals surface area (Å²) in [4.78, 5) is 0. The number of hydrogen-bond donors (Lipinski definition) is 1. The van der Waals surface area contributed by atoms with E-state index < -0.39 is 0 Å². The van der Waals surface area contributed by atoms with Crippen molar-refractivity contribution in [3.05, 3.63) is 17.0 Å². The van der Waals surface area contributed by atoms with Crippen LogP contribution in [0.5, 0.6) is 0 Å². The van der Waals surface area contributed by atoms with Gasteiger partial charge in [-0.2, -0.15) is 0 Å². The molecule has 0 fully saturated rings. The van der Waals surface area contributed by atoms with Gasteiger partial charge in [0.2, 0.25) is 0 Å². The summed E-state index contributed by atoms with van der Waals surface area (Å²) in [6.45, 7) is 0.499. The van der Waals surface area contributed by atoms with Crippen molar-refractivity contribution in [2.24, 2.45) is 5.73 Å². The summed E-state index contributed by atoms with van der Waals surface area (Å²) in [6.07, 6.45) is 0. The second-order valence-corrected chi connectivity index (χ2v) is 3.21. The second-order valence-electron chi connectivity index (χ2n) is 2.23. The molecule has 10 heavy (non-hydrogen) atoms. The van der Waals surface area contributed by atoms with E-state index >= 15 is 0 Å². The number of rotatable bonds is 1. The SMILES string of the molecule is NCc1noc2c1CSC2. The first-order valence-electron chi connectivity index (χ1n) is 3.16. The summed E-state index contributed by atoms with van der Waals surface area (Å²) < 4.78 is 5.05. The van der Waals surface area contributed by atoms with Gasteiger partial charge in [0.25, 0.3) is 0 Å². The lowest BCUT2D eigenvalue weighted by Crippen LogP contribution is -1.98. The summed E-state index contributed by atoms with van der Waals surface area (Å²) in [7, 11) is 0. The molecule has 0 amide bonds. The van der Waals surface area contributed by atoms with Crippen LogP contribution < -0.4 is 5.73 Å². The Labute approximate surface area is 62.9 Å². The summed E-state index contributed by atoms with van der Waals surface area (Å²) >= 11 is 1.85. The van der Waals surface area contributed by atoms with Crippen molar-refractivity contribution >= 4 is 11.8 Å². The lowest BCUT2D eigenvalue weighted by molar-refractivity contribution is 0.389. The average Bonchev–Trinajstić information content (AvgIpc) is 2.44. The molecule has 0 saturated heterocycles. The van der Waals surface area contributed by atoms with Crippen LogP contribution in [0.1, 0.15) is 17.0 Å². The van der Waals surface area contributed by atoms with E-state index in [2.05, 4.69) is 5.16 Å². The van der Waals surface area contributed by atoms with E-state index in [-0.39, 0.29) is 0 Å². The average molecular weight is 156 g/mol. The molecule has 0 unspecified atom stereocenters. The van der Waals surface area contributed by atoms with E-state index in [0.29, 0.717) is 6.54 Å². The van der Waals surface area contributed by atoms with E-state index in [1.54, 1.807) is 0 Å². The third-order valence-corrected chi connectivity index (χ3v) is 2.58. The van der Waals surface area contributed by atoms with Crippen LogP contribution in [-0.2, 0) is 18.1 Å². The Morgan fingerprint density at radius 2 is 2.50 bits per heavy atom. The van der Waals surface area contributed by atoms with Crippen LogP contribution in [0, 0.1) is 0 Å². The quantitative estimate of drug-likeness (QED) is 0.655. The Morgan fingerprint density at radius 3 is 3.30 bits per heavy atom. The number of thioether (sulfide) groups is 1. The van der Waals surface area contributed by atoms with Crippen molar-refractivity contribution in [2.75, 3.05) is 0 Å². The van der Waals surface area contributed by atoms with E-state index in [9.17, 15) is 0 Å². The van der Waals surface area contributed by atoms with Crippen molar-refractivity contribution in [3.63, 3.8) is 0 Å². The van der Waals surface area contributed by atoms with Gasteiger partial charge in [-0.25, -0.2) is 0 Å². The largest absolute Gasteiger partial charge is 0.360 e. The molecule has 4 heteroatoms. The van der Waals surface area contributed by atoms with Gasteiger partial charge in [0.05, 0.1) is 5.75 Å². The first kappa shape index (κ1) is 6.24. The van der Waals surface area contributed by atoms with Gasteiger partial charge in [0, 0.05) is 17.9 Å². The van der Waals surface area contributed by atoms with Crippen molar-refractivity contribution in [2.45, 2.75) is 18.1 Å². The van der Waals surface area contributed by atoms with Crippen LogP contribution in [0.25, 0.3) is 0 Å². The molecule has 0 spiro atoms. The lowest BCUT2D eigenvalue weighted by Gasteiger charge is -1.88. The summed E-state index contributed by atoms with van der Waals surface area (Å²) in [6, 6.07) is 0. The van der Waals surface area contributed by atoms with Crippen LogP contribution in [0.3, 0.4) is 0 Å². The predicted octanol–water partition coefficient (Wildman–Crippen LogP) is 0.880. The minimum atomic E-state index is 0.499. The Hall–Kier alpha value is -0.480. The summed E-state index contributed by atoms with van der Waals surface area (Å²) in [5.74, 6) is 3.00. The molecule has 1 aliphatic rings. The molecule has 0 atom stereocenters. The van der Waals surface area contributed by atoms with Gasteiger partial charge in [-0.3, -0.25) is 0 Å². The Bertz CT molecular complexity index is 246. The van der Waals surface area contributed by atoms with Gasteiger partial charge >= 0.3 is 0 Å². The highest BCUT2D eigenvalue weighted by atomic mass is 32.2. The first-order valence-corrected chi connectivity index (χ1v) is 4.31. The molecular weight excluding hydrogens is 148 g/mol. The van der Waals surface area contributed by atoms with Gasteiger partial charge < -0.3 is 10.3 Å². The first-order chi connectivity index (χ1) is 4.92. The normalized spacial score (nSPS) is 15.7. The fourth-order valence-corrected chi connectivity index (χ4v) is 2.11. The molecule has 2 rings (SSSR count). The number of aromatic nitrogens is 1. The van der Waals surface area contributed by atoms with Crippen molar-refractivity contribution in [1.29, 1.82) is 0 Å². The van der Waals surface area contributed by atoms with Crippen molar-refractivity contribution in [3.8, 4) is 0 Å². The molecule has 2 heterocycles. The van der Waals surface area contributed by atoms with E-state index in [1.807, 2.05) is 11.8 Å². The smallest absolute Gasteiger partial charge is 0.150 e. The molecule has 2 N–H and O–H groups in total. The van der Waals surface area contributed by atoms with E-state index in [1.165, 1.54) is 5.56 Å². The highest BCUT2D eigenvalue weighted by Crippen LogP contribution is 2.31. The molecule has 1 aromatic rings. The molecular formula is C6H8N2OS. The summed E-state index contributed by atoms with van der Waals surface area (Å²) in [5, 5.41) is 3.84. The third kappa shape index (κ3) is 0.759. The van der Waals surface area contributed by atoms with Crippen molar-refractivity contribution < 1.29 is 4.52 Å².